The highest BCUT2D eigenvalue weighted by molar-refractivity contribution is 6.09. The van der Waals surface area contributed by atoms with Crippen LogP contribution in [-0.4, -0.2) is 19.0 Å². The van der Waals surface area contributed by atoms with Crippen molar-refractivity contribution in [1.82, 2.24) is 0 Å². The molecule has 2 aromatic carbocycles. The summed E-state index contributed by atoms with van der Waals surface area (Å²) in [5.41, 5.74) is 3.46. The molecule has 1 aliphatic heterocycles. The Balaban J connectivity index is 1.94. The first-order valence-electron chi connectivity index (χ1n) is 7.07. The highest BCUT2D eigenvalue weighted by Gasteiger charge is 2.21. The summed E-state index contributed by atoms with van der Waals surface area (Å²) in [5, 5.41) is 0. The Labute approximate surface area is 124 Å². The van der Waals surface area contributed by atoms with Gasteiger partial charge in [0.25, 0.3) is 0 Å². The average Bonchev–Trinajstić information content (AvgIpc) is 2.86. The summed E-state index contributed by atoms with van der Waals surface area (Å²) >= 11 is 0. The molecule has 0 N–H and O–H groups in total. The Bertz CT molecular complexity index is 704. The van der Waals surface area contributed by atoms with Gasteiger partial charge in [-0.3, -0.25) is 4.79 Å². The maximum atomic E-state index is 12.6. The lowest BCUT2D eigenvalue weighted by atomic mass is 9.99. The van der Waals surface area contributed by atoms with Crippen LogP contribution in [0.2, 0.25) is 0 Å². The second kappa shape index (κ2) is 5.24. The van der Waals surface area contributed by atoms with E-state index in [9.17, 15) is 4.79 Å². The van der Waals surface area contributed by atoms with Gasteiger partial charge in [0.15, 0.2) is 5.78 Å². The van der Waals surface area contributed by atoms with Gasteiger partial charge < -0.3 is 9.47 Å². The van der Waals surface area contributed by atoms with E-state index in [1.165, 1.54) is 0 Å². The number of carbonyl (C=O) groups excluding carboxylic acids is 1. The van der Waals surface area contributed by atoms with Crippen molar-refractivity contribution in [2.75, 3.05) is 7.11 Å². The largest absolute Gasteiger partial charge is 0.496 e. The number of hydrogen-bond donors (Lipinski definition) is 0. The van der Waals surface area contributed by atoms with E-state index in [0.29, 0.717) is 11.1 Å². The number of fused-ring (bicyclic) bond motifs is 1. The van der Waals surface area contributed by atoms with Crippen molar-refractivity contribution in [3.63, 3.8) is 0 Å². The minimum absolute atomic E-state index is 0.00986. The predicted molar refractivity (Wildman–Crippen MR) is 81.4 cm³/mol. The average molecular weight is 282 g/mol. The summed E-state index contributed by atoms with van der Waals surface area (Å²) in [4.78, 5) is 12.6. The van der Waals surface area contributed by atoms with Gasteiger partial charge in [-0.05, 0) is 49.2 Å². The molecule has 0 bridgehead atoms. The van der Waals surface area contributed by atoms with E-state index in [1.54, 1.807) is 13.2 Å². The van der Waals surface area contributed by atoms with Crippen LogP contribution in [0.25, 0.3) is 0 Å². The van der Waals surface area contributed by atoms with E-state index in [4.69, 9.17) is 9.47 Å². The molecule has 0 saturated heterocycles. The van der Waals surface area contributed by atoms with Crippen LogP contribution in [0, 0.1) is 6.92 Å². The molecule has 3 heteroatoms. The number of rotatable bonds is 3. The lowest BCUT2D eigenvalue weighted by molar-refractivity contribution is 0.103. The van der Waals surface area contributed by atoms with E-state index in [1.807, 2.05) is 44.2 Å². The first kappa shape index (κ1) is 13.7. The Hall–Kier alpha value is -2.29. The third-order valence-corrected chi connectivity index (χ3v) is 3.83. The van der Waals surface area contributed by atoms with Gasteiger partial charge >= 0.3 is 0 Å². The number of ketones is 1. The number of benzene rings is 2. The molecule has 108 valence electrons. The number of hydrogen-bond acceptors (Lipinski definition) is 3. The van der Waals surface area contributed by atoms with Crippen molar-refractivity contribution in [2.24, 2.45) is 0 Å². The number of methoxy groups -OCH3 is 1. The molecule has 0 amide bonds. The molecule has 1 atom stereocenters. The first-order valence-corrected chi connectivity index (χ1v) is 7.07. The number of ether oxygens (including phenoxy) is 2. The van der Waals surface area contributed by atoms with E-state index in [-0.39, 0.29) is 11.9 Å². The zero-order valence-corrected chi connectivity index (χ0v) is 12.5. The van der Waals surface area contributed by atoms with Gasteiger partial charge in [0.05, 0.1) is 7.11 Å². The molecule has 1 aliphatic rings. The second-order valence-corrected chi connectivity index (χ2v) is 5.47. The van der Waals surface area contributed by atoms with Crippen molar-refractivity contribution in [3.8, 4) is 11.5 Å². The van der Waals surface area contributed by atoms with Crippen LogP contribution in [0.5, 0.6) is 11.5 Å². The van der Waals surface area contributed by atoms with Crippen molar-refractivity contribution >= 4 is 5.78 Å². The SMILES string of the molecule is COc1cc(C(=O)c2ccc3c(c2)CC(C)O3)ccc1C. The number of aryl methyl sites for hydroxylation is 1. The Kier molecular flexibility index (Phi) is 3.42. The predicted octanol–water partition coefficient (Wildman–Crippen LogP) is 3.56. The van der Waals surface area contributed by atoms with Gasteiger partial charge in [-0.2, -0.15) is 0 Å². The summed E-state index contributed by atoms with van der Waals surface area (Å²) in [6.07, 6.45) is 1.04. The standard InChI is InChI=1S/C18H18O3/c1-11-4-5-14(10-17(11)20-3)18(19)13-6-7-16-15(9-13)8-12(2)21-16/h4-7,9-10,12H,8H2,1-3H3. The molecule has 0 fully saturated rings. The molecule has 21 heavy (non-hydrogen) atoms. The van der Waals surface area contributed by atoms with Crippen molar-refractivity contribution in [3.05, 3.63) is 58.7 Å². The molecule has 3 rings (SSSR count). The molecule has 1 heterocycles. The van der Waals surface area contributed by atoms with Crippen LogP contribution in [0.4, 0.5) is 0 Å². The molecule has 3 nitrogen and oxygen atoms in total. The molecule has 2 aromatic rings. The van der Waals surface area contributed by atoms with Crippen molar-refractivity contribution in [1.29, 1.82) is 0 Å². The van der Waals surface area contributed by atoms with Gasteiger partial charge in [-0.25, -0.2) is 0 Å². The highest BCUT2D eigenvalue weighted by atomic mass is 16.5. The Morgan fingerprint density at radius 3 is 2.67 bits per heavy atom. The molecule has 0 spiro atoms. The van der Waals surface area contributed by atoms with E-state index >= 15 is 0 Å². The highest BCUT2D eigenvalue weighted by Crippen LogP contribution is 2.30. The molecule has 0 aromatic heterocycles. The normalized spacial score (nSPS) is 16.2. The van der Waals surface area contributed by atoms with Crippen LogP contribution in [0.3, 0.4) is 0 Å². The fourth-order valence-corrected chi connectivity index (χ4v) is 2.69. The van der Waals surface area contributed by atoms with Crippen LogP contribution >= 0.6 is 0 Å². The lowest BCUT2D eigenvalue weighted by Gasteiger charge is -2.08. The maximum absolute atomic E-state index is 12.6. The fourth-order valence-electron chi connectivity index (χ4n) is 2.69. The first-order chi connectivity index (χ1) is 10.1. The summed E-state index contributed by atoms with van der Waals surface area (Å²) in [5.74, 6) is 1.63. The smallest absolute Gasteiger partial charge is 0.193 e. The van der Waals surface area contributed by atoms with Gasteiger partial charge in [0.2, 0.25) is 0 Å². The fraction of sp³-hybridized carbons (Fsp3) is 0.278. The number of carbonyl (C=O) groups is 1. The lowest BCUT2D eigenvalue weighted by Crippen LogP contribution is -2.05. The Morgan fingerprint density at radius 2 is 1.90 bits per heavy atom. The van der Waals surface area contributed by atoms with E-state index in [2.05, 4.69) is 0 Å². The van der Waals surface area contributed by atoms with E-state index in [0.717, 1.165) is 29.0 Å². The van der Waals surface area contributed by atoms with Gasteiger partial charge in [0.1, 0.15) is 17.6 Å². The van der Waals surface area contributed by atoms with Gasteiger partial charge in [0, 0.05) is 17.5 Å². The molecular formula is C18H18O3. The van der Waals surface area contributed by atoms with Crippen LogP contribution in [0.1, 0.15) is 34.0 Å². The minimum Gasteiger partial charge on any atom is -0.496 e. The van der Waals surface area contributed by atoms with Gasteiger partial charge in [-0.15, -0.1) is 0 Å². The summed E-state index contributed by atoms with van der Waals surface area (Å²) in [6.45, 7) is 3.99. The molecule has 1 unspecified atom stereocenters. The zero-order chi connectivity index (χ0) is 15.0. The zero-order valence-electron chi connectivity index (χ0n) is 12.5. The van der Waals surface area contributed by atoms with Crippen molar-refractivity contribution in [2.45, 2.75) is 26.4 Å². The second-order valence-electron chi connectivity index (χ2n) is 5.47. The Morgan fingerprint density at radius 1 is 1.19 bits per heavy atom. The topological polar surface area (TPSA) is 35.5 Å². The minimum atomic E-state index is 0.00986. The summed E-state index contributed by atoms with van der Waals surface area (Å²) < 4.78 is 11.0. The third-order valence-electron chi connectivity index (χ3n) is 3.83. The van der Waals surface area contributed by atoms with Crippen LogP contribution in [-0.2, 0) is 6.42 Å². The summed E-state index contributed by atoms with van der Waals surface area (Å²) in [7, 11) is 1.62. The molecule has 0 saturated carbocycles. The van der Waals surface area contributed by atoms with Crippen LogP contribution in [0.15, 0.2) is 36.4 Å². The monoisotopic (exact) mass is 282 g/mol. The quantitative estimate of drug-likeness (QED) is 0.807. The summed E-state index contributed by atoms with van der Waals surface area (Å²) in [6, 6.07) is 11.2. The third kappa shape index (κ3) is 2.51. The van der Waals surface area contributed by atoms with E-state index < -0.39 is 0 Å². The van der Waals surface area contributed by atoms with Crippen LogP contribution < -0.4 is 9.47 Å². The molecular weight excluding hydrogens is 264 g/mol. The van der Waals surface area contributed by atoms with Gasteiger partial charge in [-0.1, -0.05) is 12.1 Å². The maximum Gasteiger partial charge on any atom is 0.193 e. The molecule has 0 aliphatic carbocycles. The molecule has 0 radical (unpaired) electrons. The van der Waals surface area contributed by atoms with Crippen molar-refractivity contribution < 1.29 is 14.3 Å².